The van der Waals surface area contributed by atoms with E-state index in [1.165, 1.54) is 0 Å². The minimum absolute atomic E-state index is 0.206. The fourth-order valence-electron chi connectivity index (χ4n) is 1.33. The van der Waals surface area contributed by atoms with Crippen molar-refractivity contribution in [1.82, 2.24) is 5.43 Å². The highest BCUT2D eigenvalue weighted by atomic mass is 16.5. The van der Waals surface area contributed by atoms with E-state index < -0.39 is 0 Å². The summed E-state index contributed by atoms with van der Waals surface area (Å²) in [5.74, 6) is 6.98. The number of benzene rings is 1. The van der Waals surface area contributed by atoms with Gasteiger partial charge in [-0.05, 0) is 45.0 Å². The van der Waals surface area contributed by atoms with E-state index in [0.29, 0.717) is 12.4 Å². The van der Waals surface area contributed by atoms with Crippen LogP contribution in [-0.4, -0.2) is 18.5 Å². The quantitative estimate of drug-likeness (QED) is 0.352. The van der Waals surface area contributed by atoms with E-state index in [0.717, 1.165) is 11.3 Å². The van der Waals surface area contributed by atoms with Crippen LogP contribution >= 0.6 is 0 Å². The average Bonchev–Trinajstić information content (AvgIpc) is 2.27. The summed E-state index contributed by atoms with van der Waals surface area (Å²) in [5, 5.41) is 0. The number of nitrogens with zero attached hydrogens (tertiary/aromatic N) is 1. The zero-order chi connectivity index (χ0) is 12.0. The van der Waals surface area contributed by atoms with Crippen LogP contribution in [0.3, 0.4) is 0 Å². The first-order valence-corrected chi connectivity index (χ1v) is 5.45. The maximum absolute atomic E-state index is 5.44. The third kappa shape index (κ3) is 3.55. The molecule has 1 aromatic carbocycles. The SMILES string of the molecule is CCOc1ccc(C(=NC(C)C)NN)cc1. The lowest BCUT2D eigenvalue weighted by Gasteiger charge is -2.09. The lowest BCUT2D eigenvalue weighted by Crippen LogP contribution is -2.31. The van der Waals surface area contributed by atoms with E-state index in [1.807, 2.05) is 45.0 Å². The second kappa shape index (κ2) is 6.12. The van der Waals surface area contributed by atoms with Gasteiger partial charge in [0.25, 0.3) is 0 Å². The molecule has 4 nitrogen and oxygen atoms in total. The van der Waals surface area contributed by atoms with E-state index in [1.54, 1.807) is 0 Å². The zero-order valence-electron chi connectivity index (χ0n) is 10.0. The lowest BCUT2D eigenvalue weighted by molar-refractivity contribution is 0.340. The van der Waals surface area contributed by atoms with Crippen LogP contribution in [0.5, 0.6) is 5.75 Å². The van der Waals surface area contributed by atoms with Gasteiger partial charge >= 0.3 is 0 Å². The number of aliphatic imine (C=N–C) groups is 1. The molecule has 0 radical (unpaired) electrons. The Morgan fingerprint density at radius 1 is 1.38 bits per heavy atom. The number of ether oxygens (including phenoxy) is 1. The highest BCUT2D eigenvalue weighted by Gasteiger charge is 2.02. The number of nitrogens with one attached hydrogen (secondary N) is 1. The molecule has 3 N–H and O–H groups in total. The van der Waals surface area contributed by atoms with Crippen molar-refractivity contribution in [2.45, 2.75) is 26.8 Å². The second-order valence-electron chi connectivity index (χ2n) is 3.67. The number of amidine groups is 1. The first kappa shape index (κ1) is 12.5. The molecule has 88 valence electrons. The Kier molecular flexibility index (Phi) is 4.79. The molecule has 0 aliphatic rings. The van der Waals surface area contributed by atoms with Crippen LogP contribution in [0.15, 0.2) is 29.3 Å². The van der Waals surface area contributed by atoms with Gasteiger partial charge in [0.15, 0.2) is 0 Å². The monoisotopic (exact) mass is 221 g/mol. The molecule has 0 saturated heterocycles. The van der Waals surface area contributed by atoms with Crippen LogP contribution in [-0.2, 0) is 0 Å². The van der Waals surface area contributed by atoms with Gasteiger partial charge in [-0.1, -0.05) is 0 Å². The first-order chi connectivity index (χ1) is 7.67. The molecule has 0 aliphatic carbocycles. The Morgan fingerprint density at radius 2 is 2.00 bits per heavy atom. The molecule has 0 unspecified atom stereocenters. The van der Waals surface area contributed by atoms with Gasteiger partial charge < -0.3 is 10.2 Å². The zero-order valence-corrected chi connectivity index (χ0v) is 10.0. The standard InChI is InChI=1S/C12H19N3O/c1-4-16-11-7-5-10(6-8-11)12(15-13)14-9(2)3/h5-9H,4,13H2,1-3H3,(H,14,15). The van der Waals surface area contributed by atoms with Crippen LogP contribution in [0.4, 0.5) is 0 Å². The van der Waals surface area contributed by atoms with Crippen molar-refractivity contribution >= 4 is 5.84 Å². The van der Waals surface area contributed by atoms with Gasteiger partial charge in [-0.3, -0.25) is 4.99 Å². The largest absolute Gasteiger partial charge is 0.494 e. The number of hydrogen-bond acceptors (Lipinski definition) is 3. The Bertz CT molecular complexity index is 344. The van der Waals surface area contributed by atoms with Gasteiger partial charge in [0, 0.05) is 11.6 Å². The molecule has 0 atom stereocenters. The van der Waals surface area contributed by atoms with Crippen LogP contribution in [0, 0.1) is 0 Å². The summed E-state index contributed by atoms with van der Waals surface area (Å²) in [6.07, 6.45) is 0. The van der Waals surface area contributed by atoms with Gasteiger partial charge in [0.2, 0.25) is 0 Å². The third-order valence-electron chi connectivity index (χ3n) is 1.96. The van der Waals surface area contributed by atoms with Crippen molar-refractivity contribution in [2.24, 2.45) is 10.8 Å². The van der Waals surface area contributed by atoms with Gasteiger partial charge in [0.05, 0.1) is 6.61 Å². The summed E-state index contributed by atoms with van der Waals surface area (Å²) in [6.45, 7) is 6.64. The van der Waals surface area contributed by atoms with Gasteiger partial charge in [0.1, 0.15) is 11.6 Å². The number of nitrogens with two attached hydrogens (primary N) is 1. The van der Waals surface area contributed by atoms with E-state index in [2.05, 4.69) is 10.4 Å². The van der Waals surface area contributed by atoms with Crippen LogP contribution < -0.4 is 16.0 Å². The van der Waals surface area contributed by atoms with Gasteiger partial charge in [-0.15, -0.1) is 0 Å². The Morgan fingerprint density at radius 3 is 2.44 bits per heavy atom. The van der Waals surface area contributed by atoms with Crippen LogP contribution in [0.25, 0.3) is 0 Å². The minimum atomic E-state index is 0.206. The predicted octanol–water partition coefficient (Wildman–Crippen LogP) is 1.70. The molecule has 1 rings (SSSR count). The maximum Gasteiger partial charge on any atom is 0.142 e. The predicted molar refractivity (Wildman–Crippen MR) is 66.6 cm³/mol. The Balaban J connectivity index is 2.86. The van der Waals surface area contributed by atoms with E-state index in [4.69, 9.17) is 10.6 Å². The normalized spacial score (nSPS) is 11.7. The van der Waals surface area contributed by atoms with Crippen molar-refractivity contribution in [3.8, 4) is 5.75 Å². The molecule has 0 bridgehead atoms. The van der Waals surface area contributed by atoms with Crippen LogP contribution in [0.2, 0.25) is 0 Å². The Labute approximate surface area is 96.5 Å². The number of hydrazine groups is 1. The minimum Gasteiger partial charge on any atom is -0.494 e. The highest BCUT2D eigenvalue weighted by Crippen LogP contribution is 2.12. The van der Waals surface area contributed by atoms with Crippen LogP contribution in [0.1, 0.15) is 26.3 Å². The molecule has 0 saturated carbocycles. The average molecular weight is 221 g/mol. The molecule has 0 amide bonds. The van der Waals surface area contributed by atoms with Gasteiger partial charge in [-0.2, -0.15) is 0 Å². The molecule has 0 heterocycles. The summed E-state index contributed by atoms with van der Waals surface area (Å²) < 4.78 is 5.36. The summed E-state index contributed by atoms with van der Waals surface area (Å²) in [5.41, 5.74) is 3.57. The Hall–Kier alpha value is -1.55. The van der Waals surface area contributed by atoms with Crippen molar-refractivity contribution in [3.63, 3.8) is 0 Å². The van der Waals surface area contributed by atoms with Crippen molar-refractivity contribution in [1.29, 1.82) is 0 Å². The number of rotatable bonds is 4. The fourth-order valence-corrected chi connectivity index (χ4v) is 1.33. The molecular weight excluding hydrogens is 202 g/mol. The summed E-state index contributed by atoms with van der Waals surface area (Å²) in [6, 6.07) is 7.90. The highest BCUT2D eigenvalue weighted by molar-refractivity contribution is 5.98. The van der Waals surface area contributed by atoms with E-state index in [-0.39, 0.29) is 6.04 Å². The van der Waals surface area contributed by atoms with Crippen molar-refractivity contribution < 1.29 is 4.74 Å². The molecule has 0 fully saturated rings. The molecule has 4 heteroatoms. The molecular formula is C12H19N3O. The van der Waals surface area contributed by atoms with Crippen molar-refractivity contribution in [3.05, 3.63) is 29.8 Å². The smallest absolute Gasteiger partial charge is 0.142 e. The molecule has 0 aliphatic heterocycles. The third-order valence-corrected chi connectivity index (χ3v) is 1.96. The summed E-state index contributed by atoms with van der Waals surface area (Å²) >= 11 is 0. The first-order valence-electron chi connectivity index (χ1n) is 5.45. The van der Waals surface area contributed by atoms with E-state index in [9.17, 15) is 0 Å². The molecule has 0 spiro atoms. The fraction of sp³-hybridized carbons (Fsp3) is 0.417. The maximum atomic E-state index is 5.44. The summed E-state index contributed by atoms with van der Waals surface area (Å²) in [7, 11) is 0. The van der Waals surface area contributed by atoms with Gasteiger partial charge in [-0.25, -0.2) is 5.84 Å². The van der Waals surface area contributed by atoms with Crippen molar-refractivity contribution in [2.75, 3.05) is 6.61 Å². The second-order valence-corrected chi connectivity index (χ2v) is 3.67. The lowest BCUT2D eigenvalue weighted by atomic mass is 10.2. The molecule has 1 aromatic rings. The molecule has 16 heavy (non-hydrogen) atoms. The summed E-state index contributed by atoms with van der Waals surface area (Å²) in [4.78, 5) is 4.38. The van der Waals surface area contributed by atoms with E-state index >= 15 is 0 Å². The molecule has 0 aromatic heterocycles. The number of hydrogen-bond donors (Lipinski definition) is 2. The topological polar surface area (TPSA) is 59.6 Å².